The third-order valence-corrected chi connectivity index (χ3v) is 5.52. The van der Waals surface area contributed by atoms with E-state index in [-0.39, 0.29) is 29.6 Å². The average molecular weight is 382 g/mol. The van der Waals surface area contributed by atoms with Gasteiger partial charge in [-0.15, -0.1) is 12.4 Å². The van der Waals surface area contributed by atoms with Crippen LogP contribution in [0.25, 0.3) is 0 Å². The van der Waals surface area contributed by atoms with Crippen molar-refractivity contribution in [3.8, 4) is 5.75 Å². The summed E-state index contributed by atoms with van der Waals surface area (Å²) in [5, 5.41) is 9.25. The van der Waals surface area contributed by atoms with Gasteiger partial charge in [-0.3, -0.25) is 9.59 Å². The van der Waals surface area contributed by atoms with Crippen LogP contribution >= 0.6 is 12.4 Å². The summed E-state index contributed by atoms with van der Waals surface area (Å²) in [4.78, 5) is 24.9. The zero-order valence-electron chi connectivity index (χ0n) is 15.2. The second-order valence-corrected chi connectivity index (χ2v) is 6.97. The molecule has 2 fully saturated rings. The van der Waals surface area contributed by atoms with E-state index in [1.165, 1.54) is 6.42 Å². The molecule has 1 saturated heterocycles. The molecule has 3 N–H and O–H groups in total. The Bertz CT molecular complexity index is 640. The molecule has 1 aromatic rings. The lowest BCUT2D eigenvalue weighted by Gasteiger charge is -2.37. The molecule has 3 rings (SSSR count). The minimum absolute atomic E-state index is 0. The van der Waals surface area contributed by atoms with Gasteiger partial charge in [0.15, 0.2) is 0 Å². The van der Waals surface area contributed by atoms with Crippen molar-refractivity contribution in [3.63, 3.8) is 0 Å². The zero-order chi connectivity index (χ0) is 17.7. The van der Waals surface area contributed by atoms with Crippen LogP contribution in [-0.4, -0.2) is 45.1 Å². The molecule has 2 amide bonds. The van der Waals surface area contributed by atoms with Crippen LogP contribution in [0.1, 0.15) is 36.0 Å². The Morgan fingerprint density at radius 2 is 2.08 bits per heavy atom. The highest BCUT2D eigenvalue weighted by Gasteiger charge is 2.49. The Labute approximate surface area is 160 Å². The molecule has 0 unspecified atom stereocenters. The predicted molar refractivity (Wildman–Crippen MR) is 103 cm³/mol. The van der Waals surface area contributed by atoms with Crippen LogP contribution in [-0.2, 0) is 4.79 Å². The summed E-state index contributed by atoms with van der Waals surface area (Å²) < 4.78 is 5.13. The van der Waals surface area contributed by atoms with Crippen LogP contribution in [0.2, 0.25) is 0 Å². The van der Waals surface area contributed by atoms with Gasteiger partial charge >= 0.3 is 0 Å². The lowest BCUT2D eigenvalue weighted by Crippen LogP contribution is -2.49. The summed E-state index contributed by atoms with van der Waals surface area (Å²) >= 11 is 0. The van der Waals surface area contributed by atoms with Gasteiger partial charge in [0, 0.05) is 25.2 Å². The Kier molecular flexibility index (Phi) is 7.29. The number of fused-ring (bicyclic) bond motifs is 1. The van der Waals surface area contributed by atoms with E-state index in [1.807, 2.05) is 0 Å². The lowest BCUT2D eigenvalue weighted by atomic mass is 9.67. The fourth-order valence-electron chi connectivity index (χ4n) is 4.08. The highest BCUT2D eigenvalue weighted by atomic mass is 35.5. The van der Waals surface area contributed by atoms with Gasteiger partial charge in [0.05, 0.1) is 12.5 Å². The number of nitrogens with one attached hydrogen (secondary N) is 3. The molecule has 2 atom stereocenters. The standard InChI is InChI=1S/C19H27N3O3.ClH/c1-25-16-7-4-5-14(11-16)17(23)21-9-10-22-18(24)19-8-3-2-6-15(19)12-20-13-19;/h4-5,7,11,15,20H,2-3,6,8-10,12-13H2,1H3,(H,21,23)(H,22,24);1H/t15-,19+;/m0./s1. The Hall–Kier alpha value is -1.79. The van der Waals surface area contributed by atoms with E-state index in [1.54, 1.807) is 31.4 Å². The van der Waals surface area contributed by atoms with Crippen LogP contribution in [0, 0.1) is 11.3 Å². The lowest BCUT2D eigenvalue weighted by molar-refractivity contribution is -0.133. The van der Waals surface area contributed by atoms with Crippen molar-refractivity contribution in [2.45, 2.75) is 25.7 Å². The van der Waals surface area contributed by atoms with Crippen LogP contribution < -0.4 is 20.7 Å². The summed E-state index contributed by atoms with van der Waals surface area (Å²) in [6.45, 7) is 2.58. The molecule has 6 nitrogen and oxygen atoms in total. The number of halogens is 1. The van der Waals surface area contributed by atoms with Gasteiger partial charge in [0.2, 0.25) is 5.91 Å². The fourth-order valence-corrected chi connectivity index (χ4v) is 4.08. The first kappa shape index (κ1) is 20.5. The molecule has 1 aromatic carbocycles. The molecule has 26 heavy (non-hydrogen) atoms. The van der Waals surface area contributed by atoms with E-state index in [0.29, 0.717) is 30.3 Å². The second kappa shape index (κ2) is 9.24. The topological polar surface area (TPSA) is 79.5 Å². The molecule has 1 aliphatic carbocycles. The largest absolute Gasteiger partial charge is 0.497 e. The van der Waals surface area contributed by atoms with Gasteiger partial charge in [0.25, 0.3) is 5.91 Å². The molecule has 2 aliphatic rings. The second-order valence-electron chi connectivity index (χ2n) is 6.97. The van der Waals surface area contributed by atoms with Crippen LogP contribution in [0.15, 0.2) is 24.3 Å². The number of methoxy groups -OCH3 is 1. The van der Waals surface area contributed by atoms with Crippen molar-refractivity contribution in [1.29, 1.82) is 0 Å². The Balaban J connectivity index is 0.00000243. The first-order valence-electron chi connectivity index (χ1n) is 9.07. The number of hydrogen-bond acceptors (Lipinski definition) is 4. The zero-order valence-corrected chi connectivity index (χ0v) is 16.0. The maximum absolute atomic E-state index is 12.7. The number of amides is 2. The summed E-state index contributed by atoms with van der Waals surface area (Å²) in [6, 6.07) is 7.02. The molecule has 0 spiro atoms. The molecule has 0 aromatic heterocycles. The molecule has 0 radical (unpaired) electrons. The van der Waals surface area contributed by atoms with E-state index in [0.717, 1.165) is 32.4 Å². The maximum atomic E-state index is 12.7. The van der Waals surface area contributed by atoms with Crippen molar-refractivity contribution >= 4 is 24.2 Å². The number of carbonyl (C=O) groups is 2. The van der Waals surface area contributed by atoms with Crippen molar-refractivity contribution in [2.24, 2.45) is 11.3 Å². The molecule has 144 valence electrons. The normalized spacial score (nSPS) is 24.1. The summed E-state index contributed by atoms with van der Waals surface area (Å²) in [5.74, 6) is 1.08. The number of carbonyl (C=O) groups excluding carboxylic acids is 2. The highest BCUT2D eigenvalue weighted by Crippen LogP contribution is 2.43. The minimum atomic E-state index is -0.241. The number of hydrogen-bond donors (Lipinski definition) is 3. The molecule has 1 saturated carbocycles. The molecule has 7 heteroatoms. The highest BCUT2D eigenvalue weighted by molar-refractivity contribution is 5.94. The van der Waals surface area contributed by atoms with Gasteiger partial charge < -0.3 is 20.7 Å². The van der Waals surface area contributed by atoms with Crippen LogP contribution in [0.3, 0.4) is 0 Å². The smallest absolute Gasteiger partial charge is 0.251 e. The molecular formula is C19H28ClN3O3. The van der Waals surface area contributed by atoms with Crippen LogP contribution in [0.5, 0.6) is 5.75 Å². The van der Waals surface area contributed by atoms with E-state index < -0.39 is 0 Å². The van der Waals surface area contributed by atoms with Crippen molar-refractivity contribution < 1.29 is 14.3 Å². The average Bonchev–Trinajstić information content (AvgIpc) is 3.10. The maximum Gasteiger partial charge on any atom is 0.251 e. The number of rotatable bonds is 6. The van der Waals surface area contributed by atoms with E-state index >= 15 is 0 Å². The van der Waals surface area contributed by atoms with Crippen molar-refractivity contribution in [1.82, 2.24) is 16.0 Å². The molecule has 1 heterocycles. The number of ether oxygens (including phenoxy) is 1. The quantitative estimate of drug-likeness (QED) is 0.656. The van der Waals surface area contributed by atoms with Crippen molar-refractivity contribution in [3.05, 3.63) is 29.8 Å². The van der Waals surface area contributed by atoms with Gasteiger partial charge in [-0.1, -0.05) is 18.9 Å². The summed E-state index contributed by atoms with van der Waals surface area (Å²) in [5.41, 5.74) is 0.311. The Morgan fingerprint density at radius 3 is 2.88 bits per heavy atom. The van der Waals surface area contributed by atoms with E-state index in [9.17, 15) is 9.59 Å². The first-order valence-corrected chi connectivity index (χ1v) is 9.07. The van der Waals surface area contributed by atoms with Gasteiger partial charge in [-0.05, 0) is 43.5 Å². The molecular weight excluding hydrogens is 354 g/mol. The fraction of sp³-hybridized carbons (Fsp3) is 0.579. The van der Waals surface area contributed by atoms with Crippen molar-refractivity contribution in [2.75, 3.05) is 33.3 Å². The van der Waals surface area contributed by atoms with Gasteiger partial charge in [-0.25, -0.2) is 0 Å². The first-order chi connectivity index (χ1) is 12.2. The third kappa shape index (κ3) is 4.30. The van der Waals surface area contributed by atoms with Crippen LogP contribution in [0.4, 0.5) is 0 Å². The molecule has 1 aliphatic heterocycles. The van der Waals surface area contributed by atoms with Gasteiger partial charge in [-0.2, -0.15) is 0 Å². The van der Waals surface area contributed by atoms with Gasteiger partial charge in [0.1, 0.15) is 5.75 Å². The Morgan fingerprint density at radius 1 is 1.27 bits per heavy atom. The minimum Gasteiger partial charge on any atom is -0.497 e. The molecule has 0 bridgehead atoms. The van der Waals surface area contributed by atoms with E-state index in [4.69, 9.17) is 4.74 Å². The monoisotopic (exact) mass is 381 g/mol. The summed E-state index contributed by atoms with van der Waals surface area (Å²) in [6.07, 6.45) is 4.44. The third-order valence-electron chi connectivity index (χ3n) is 5.52. The van der Waals surface area contributed by atoms with E-state index in [2.05, 4.69) is 16.0 Å². The summed E-state index contributed by atoms with van der Waals surface area (Å²) in [7, 11) is 1.57. The predicted octanol–water partition coefficient (Wildman–Crippen LogP) is 1.74. The SMILES string of the molecule is COc1cccc(C(=O)NCCNC(=O)[C@@]23CCCC[C@H]2CNC3)c1.Cl. The number of benzene rings is 1.